The van der Waals surface area contributed by atoms with Crippen LogP contribution in [0.4, 0.5) is 5.69 Å². The summed E-state index contributed by atoms with van der Waals surface area (Å²) in [5.74, 6) is 0. The second-order valence-corrected chi connectivity index (χ2v) is 3.50. The van der Waals surface area contributed by atoms with Crippen LogP contribution in [0.1, 0.15) is 12.6 Å². The molecule has 0 unspecified atom stereocenters. The highest BCUT2D eigenvalue weighted by Gasteiger charge is 2.06. The number of nitrogens with one attached hydrogen (secondary N) is 1. The molecule has 1 aromatic carbocycles. The summed E-state index contributed by atoms with van der Waals surface area (Å²) in [6.45, 7) is 2.07. The van der Waals surface area contributed by atoms with Gasteiger partial charge in [-0.05, 0) is 24.6 Å². The van der Waals surface area contributed by atoms with Gasteiger partial charge in [0, 0.05) is 21.6 Å². The number of benzene rings is 1. The molecular weight excluding hydrogens is 184 g/mol. The predicted octanol–water partition coefficient (Wildman–Crippen LogP) is 2.97. The molecule has 0 spiro atoms. The van der Waals surface area contributed by atoms with Crippen molar-refractivity contribution in [2.24, 2.45) is 0 Å². The molecule has 0 saturated heterocycles. The molecule has 3 heteroatoms. The smallest absolute Gasteiger partial charge is 0.0605 e. The fraction of sp³-hybridized carbons (Fsp3) is 0.200. The van der Waals surface area contributed by atoms with Crippen molar-refractivity contribution >= 4 is 28.2 Å². The number of aryl methyl sites for hydroxylation is 1. The maximum Gasteiger partial charge on any atom is 0.0605 e. The summed E-state index contributed by atoms with van der Waals surface area (Å²) in [5.41, 5.74) is 8.88. The Kier molecular flexibility index (Phi) is 1.93. The quantitative estimate of drug-likeness (QED) is 0.720. The molecule has 1 aromatic heterocycles. The Morgan fingerprint density at radius 1 is 1.46 bits per heavy atom. The minimum atomic E-state index is 0.723. The van der Waals surface area contributed by atoms with E-state index in [1.54, 1.807) is 0 Å². The van der Waals surface area contributed by atoms with Gasteiger partial charge in [0.2, 0.25) is 0 Å². The number of aromatic amines is 1. The molecule has 2 rings (SSSR count). The Morgan fingerprint density at radius 2 is 2.23 bits per heavy atom. The highest BCUT2D eigenvalue weighted by Crippen LogP contribution is 2.27. The number of hydrogen-bond acceptors (Lipinski definition) is 1. The lowest BCUT2D eigenvalue weighted by Crippen LogP contribution is -1.88. The summed E-state index contributed by atoms with van der Waals surface area (Å²) < 4.78 is 0. The van der Waals surface area contributed by atoms with Crippen LogP contribution in [0.2, 0.25) is 5.02 Å². The van der Waals surface area contributed by atoms with Gasteiger partial charge >= 0.3 is 0 Å². The van der Waals surface area contributed by atoms with E-state index in [1.165, 1.54) is 0 Å². The molecular formula is C10H11ClN2. The molecule has 2 aromatic rings. The van der Waals surface area contributed by atoms with E-state index in [9.17, 15) is 0 Å². The van der Waals surface area contributed by atoms with E-state index in [1.807, 2.05) is 18.2 Å². The van der Waals surface area contributed by atoms with E-state index in [0.29, 0.717) is 0 Å². The van der Waals surface area contributed by atoms with Crippen LogP contribution in [-0.4, -0.2) is 4.98 Å². The van der Waals surface area contributed by atoms with Crippen molar-refractivity contribution in [2.45, 2.75) is 13.3 Å². The molecule has 0 bridgehead atoms. The molecule has 13 heavy (non-hydrogen) atoms. The van der Waals surface area contributed by atoms with Gasteiger partial charge in [-0.25, -0.2) is 0 Å². The van der Waals surface area contributed by atoms with Crippen LogP contribution >= 0.6 is 11.6 Å². The summed E-state index contributed by atoms with van der Waals surface area (Å²) in [6, 6.07) is 5.70. The fourth-order valence-corrected chi connectivity index (χ4v) is 1.69. The monoisotopic (exact) mass is 194 g/mol. The van der Waals surface area contributed by atoms with Gasteiger partial charge in [0.15, 0.2) is 0 Å². The van der Waals surface area contributed by atoms with Crippen molar-refractivity contribution in [1.29, 1.82) is 0 Å². The number of anilines is 1. The number of aromatic nitrogens is 1. The van der Waals surface area contributed by atoms with Gasteiger partial charge in [-0.2, -0.15) is 0 Å². The maximum absolute atomic E-state index is 5.93. The van der Waals surface area contributed by atoms with Gasteiger partial charge in [0.25, 0.3) is 0 Å². The molecule has 68 valence electrons. The molecule has 0 aliphatic carbocycles. The molecule has 1 heterocycles. The van der Waals surface area contributed by atoms with Crippen molar-refractivity contribution in [3.05, 3.63) is 28.9 Å². The summed E-state index contributed by atoms with van der Waals surface area (Å²) in [7, 11) is 0. The first-order chi connectivity index (χ1) is 6.22. The largest absolute Gasteiger partial charge is 0.397 e. The van der Waals surface area contributed by atoms with Gasteiger partial charge in [0.05, 0.1) is 5.69 Å². The topological polar surface area (TPSA) is 41.8 Å². The lowest BCUT2D eigenvalue weighted by molar-refractivity contribution is 1.08. The zero-order valence-corrected chi connectivity index (χ0v) is 8.15. The molecule has 0 radical (unpaired) electrons. The van der Waals surface area contributed by atoms with Crippen LogP contribution in [0.5, 0.6) is 0 Å². The molecule has 0 saturated carbocycles. The van der Waals surface area contributed by atoms with Gasteiger partial charge in [0.1, 0.15) is 0 Å². The number of halogens is 1. The second kappa shape index (κ2) is 2.96. The zero-order valence-electron chi connectivity index (χ0n) is 7.39. The van der Waals surface area contributed by atoms with Crippen LogP contribution < -0.4 is 5.73 Å². The second-order valence-electron chi connectivity index (χ2n) is 3.06. The third-order valence-electron chi connectivity index (χ3n) is 2.24. The maximum atomic E-state index is 5.93. The minimum Gasteiger partial charge on any atom is -0.397 e. The molecule has 0 fully saturated rings. The van der Waals surface area contributed by atoms with Crippen molar-refractivity contribution in [3.63, 3.8) is 0 Å². The Labute approximate surface area is 81.7 Å². The predicted molar refractivity (Wildman–Crippen MR) is 57.1 cm³/mol. The normalized spacial score (nSPS) is 10.9. The molecule has 0 amide bonds. The fourth-order valence-electron chi connectivity index (χ4n) is 1.52. The Hall–Kier alpha value is -1.15. The molecule has 3 N–H and O–H groups in total. The van der Waals surface area contributed by atoms with E-state index in [4.69, 9.17) is 17.3 Å². The Morgan fingerprint density at radius 3 is 2.92 bits per heavy atom. The lowest BCUT2D eigenvalue weighted by atomic mass is 10.2. The highest BCUT2D eigenvalue weighted by molar-refractivity contribution is 6.31. The standard InChI is InChI=1S/C10H11ClN2/c1-2-8-10(12)7-5-6(11)3-4-9(7)13-8/h3-5,13H,2,12H2,1H3. The van der Waals surface area contributed by atoms with Crippen molar-refractivity contribution in [2.75, 3.05) is 5.73 Å². The minimum absolute atomic E-state index is 0.723. The summed E-state index contributed by atoms with van der Waals surface area (Å²) in [4.78, 5) is 3.26. The van der Waals surface area contributed by atoms with Crippen LogP contribution in [0.25, 0.3) is 10.9 Å². The Balaban J connectivity index is 2.77. The van der Waals surface area contributed by atoms with Gasteiger partial charge in [-0.3, -0.25) is 0 Å². The van der Waals surface area contributed by atoms with Crippen molar-refractivity contribution in [1.82, 2.24) is 4.98 Å². The van der Waals surface area contributed by atoms with Crippen LogP contribution in [0.15, 0.2) is 18.2 Å². The first-order valence-corrected chi connectivity index (χ1v) is 4.65. The van der Waals surface area contributed by atoms with E-state index in [-0.39, 0.29) is 0 Å². The van der Waals surface area contributed by atoms with Crippen LogP contribution in [-0.2, 0) is 6.42 Å². The first kappa shape index (κ1) is 8.45. The summed E-state index contributed by atoms with van der Waals surface area (Å²) >= 11 is 5.87. The third-order valence-corrected chi connectivity index (χ3v) is 2.47. The third kappa shape index (κ3) is 1.27. The van der Waals surface area contributed by atoms with Crippen LogP contribution in [0, 0.1) is 0 Å². The SMILES string of the molecule is CCc1[nH]c2ccc(Cl)cc2c1N. The first-order valence-electron chi connectivity index (χ1n) is 4.28. The number of nitrogens with two attached hydrogens (primary N) is 1. The summed E-state index contributed by atoms with van der Waals surface area (Å²) in [6.07, 6.45) is 0.915. The molecule has 0 aliphatic heterocycles. The number of H-pyrrole nitrogens is 1. The molecule has 0 aliphatic rings. The van der Waals surface area contributed by atoms with Crippen molar-refractivity contribution in [3.8, 4) is 0 Å². The van der Waals surface area contributed by atoms with Gasteiger partial charge in [-0.15, -0.1) is 0 Å². The van der Waals surface area contributed by atoms with Gasteiger partial charge in [-0.1, -0.05) is 18.5 Å². The number of hydrogen-bond donors (Lipinski definition) is 2. The van der Waals surface area contributed by atoms with E-state index >= 15 is 0 Å². The van der Waals surface area contributed by atoms with Crippen molar-refractivity contribution < 1.29 is 0 Å². The van der Waals surface area contributed by atoms with E-state index in [0.717, 1.165) is 33.7 Å². The zero-order chi connectivity index (χ0) is 9.42. The lowest BCUT2D eigenvalue weighted by Gasteiger charge is -1.93. The highest BCUT2D eigenvalue weighted by atomic mass is 35.5. The van der Waals surface area contributed by atoms with Gasteiger partial charge < -0.3 is 10.7 Å². The Bertz CT molecular complexity index is 445. The average Bonchev–Trinajstić information content (AvgIpc) is 2.44. The molecule has 0 atom stereocenters. The average molecular weight is 195 g/mol. The number of fused-ring (bicyclic) bond motifs is 1. The molecule has 2 nitrogen and oxygen atoms in total. The van der Waals surface area contributed by atoms with E-state index < -0.39 is 0 Å². The van der Waals surface area contributed by atoms with Crippen LogP contribution in [0.3, 0.4) is 0 Å². The van der Waals surface area contributed by atoms with E-state index in [2.05, 4.69) is 11.9 Å². The number of nitrogen functional groups attached to an aromatic ring is 1. The summed E-state index contributed by atoms with van der Waals surface area (Å²) in [5, 5.41) is 1.74. The number of rotatable bonds is 1.